The molecule has 3 nitrogen and oxygen atoms in total. The average molecular weight is 240 g/mol. The third kappa shape index (κ3) is 3.83. The molecule has 98 valence electrons. The van der Waals surface area contributed by atoms with Crippen LogP contribution in [0.1, 0.15) is 54.4 Å². The molecule has 0 saturated carbocycles. The van der Waals surface area contributed by atoms with E-state index in [1.54, 1.807) is 0 Å². The van der Waals surface area contributed by atoms with E-state index in [0.29, 0.717) is 0 Å². The van der Waals surface area contributed by atoms with E-state index in [-0.39, 0.29) is 41.0 Å². The summed E-state index contributed by atoms with van der Waals surface area (Å²) < 4.78 is 4.69. The van der Waals surface area contributed by atoms with Gasteiger partial charge >= 0.3 is 11.9 Å². The highest BCUT2D eigenvalue weighted by atomic mass is 16.6. The van der Waals surface area contributed by atoms with Gasteiger partial charge in [-0.15, -0.1) is 0 Å². The molecule has 0 N–H and O–H groups in total. The quantitative estimate of drug-likeness (QED) is 0.550. The van der Waals surface area contributed by atoms with Crippen LogP contribution in [-0.2, 0) is 14.3 Å². The van der Waals surface area contributed by atoms with Crippen LogP contribution >= 0.6 is 0 Å². The van der Waals surface area contributed by atoms with Gasteiger partial charge in [-0.25, -0.2) is 0 Å². The molecular weight excluding hydrogens is 216 g/mol. The molecule has 0 spiro atoms. The van der Waals surface area contributed by atoms with E-state index < -0.39 is 0 Å². The van der Waals surface area contributed by atoms with Crippen molar-refractivity contribution in [2.24, 2.45) is 22.7 Å². The molecule has 0 aliphatic carbocycles. The van der Waals surface area contributed by atoms with E-state index in [1.165, 1.54) is 0 Å². The van der Waals surface area contributed by atoms with Gasteiger partial charge in [0, 0.05) is 0 Å². The van der Waals surface area contributed by atoms with Crippen LogP contribution in [0.25, 0.3) is 0 Å². The lowest BCUT2D eigenvalue weighted by atomic mass is 9.66. The van der Waals surface area contributed by atoms with Crippen molar-refractivity contribution in [2.45, 2.75) is 54.4 Å². The van der Waals surface area contributed by atoms with Crippen LogP contribution in [0.4, 0.5) is 0 Å². The second kappa shape index (κ2) is 4.43. The minimum absolute atomic E-state index is 0.00157. The van der Waals surface area contributed by atoms with Crippen LogP contribution < -0.4 is 0 Å². The molecule has 0 radical (unpaired) electrons. The molecule has 3 heteroatoms. The summed E-state index contributed by atoms with van der Waals surface area (Å²) in [6.45, 7) is 12.9. The summed E-state index contributed by atoms with van der Waals surface area (Å²) in [6.07, 6.45) is 1.17. The van der Waals surface area contributed by atoms with Gasteiger partial charge in [-0.2, -0.15) is 0 Å². The van der Waals surface area contributed by atoms with Crippen LogP contribution in [0.15, 0.2) is 0 Å². The number of rotatable bonds is 2. The van der Waals surface area contributed by atoms with Crippen molar-refractivity contribution in [3.05, 3.63) is 0 Å². The third-order valence-corrected chi connectivity index (χ3v) is 3.33. The zero-order chi connectivity index (χ0) is 13.4. The fourth-order valence-corrected chi connectivity index (χ4v) is 2.51. The lowest BCUT2D eigenvalue weighted by Gasteiger charge is -2.37. The monoisotopic (exact) mass is 240 g/mol. The summed E-state index contributed by atoms with van der Waals surface area (Å²) in [4.78, 5) is 22.9. The van der Waals surface area contributed by atoms with Crippen molar-refractivity contribution in [3.8, 4) is 0 Å². The standard InChI is InChI=1S/C14H24O3/c1-13(2,3)8-10(14(4,5)6)9-7-11(15)17-12(9)16/h9-10H,7-8H2,1-6H3. The Hall–Kier alpha value is -0.860. The summed E-state index contributed by atoms with van der Waals surface area (Å²) in [7, 11) is 0. The number of carbonyl (C=O) groups is 2. The smallest absolute Gasteiger partial charge is 0.317 e. The molecule has 2 atom stereocenters. The summed E-state index contributed by atoms with van der Waals surface area (Å²) in [5, 5.41) is 0. The molecule has 0 aromatic rings. The Bertz CT molecular complexity index is 317. The molecule has 1 rings (SSSR count). The zero-order valence-corrected chi connectivity index (χ0v) is 11.8. The molecule has 0 amide bonds. The van der Waals surface area contributed by atoms with Gasteiger partial charge in [-0.1, -0.05) is 41.5 Å². The Morgan fingerprint density at radius 3 is 2.00 bits per heavy atom. The molecule has 1 heterocycles. The average Bonchev–Trinajstić information content (AvgIpc) is 2.37. The van der Waals surface area contributed by atoms with Gasteiger partial charge in [0.2, 0.25) is 0 Å². The molecule has 2 unspecified atom stereocenters. The number of esters is 2. The van der Waals surface area contributed by atoms with Crippen molar-refractivity contribution >= 4 is 11.9 Å². The van der Waals surface area contributed by atoms with Crippen LogP contribution in [0.2, 0.25) is 0 Å². The van der Waals surface area contributed by atoms with E-state index in [2.05, 4.69) is 46.3 Å². The molecule has 1 aliphatic heterocycles. The predicted molar refractivity (Wildman–Crippen MR) is 66.2 cm³/mol. The fraction of sp³-hybridized carbons (Fsp3) is 0.857. The van der Waals surface area contributed by atoms with E-state index >= 15 is 0 Å². The van der Waals surface area contributed by atoms with Crippen LogP contribution in [-0.4, -0.2) is 11.9 Å². The van der Waals surface area contributed by atoms with Crippen LogP contribution in [0.5, 0.6) is 0 Å². The molecule has 1 aliphatic rings. The van der Waals surface area contributed by atoms with E-state index in [0.717, 1.165) is 6.42 Å². The van der Waals surface area contributed by atoms with E-state index in [9.17, 15) is 9.59 Å². The van der Waals surface area contributed by atoms with E-state index in [1.807, 2.05) is 0 Å². The van der Waals surface area contributed by atoms with Crippen LogP contribution in [0.3, 0.4) is 0 Å². The normalized spacial score (nSPS) is 23.8. The lowest BCUT2D eigenvalue weighted by Crippen LogP contribution is -2.34. The molecule has 1 saturated heterocycles. The molecule has 1 fully saturated rings. The van der Waals surface area contributed by atoms with Crippen molar-refractivity contribution in [3.63, 3.8) is 0 Å². The van der Waals surface area contributed by atoms with Crippen molar-refractivity contribution in [2.75, 3.05) is 0 Å². The Labute approximate surface area is 104 Å². The van der Waals surface area contributed by atoms with E-state index in [4.69, 9.17) is 0 Å². The molecule has 0 aromatic carbocycles. The summed E-state index contributed by atoms with van der Waals surface area (Å²) in [5.74, 6) is -0.787. The van der Waals surface area contributed by atoms with Gasteiger partial charge in [0.15, 0.2) is 0 Å². The zero-order valence-electron chi connectivity index (χ0n) is 11.8. The highest BCUT2D eigenvalue weighted by molar-refractivity contribution is 5.94. The maximum absolute atomic E-state index is 11.7. The Morgan fingerprint density at radius 1 is 1.18 bits per heavy atom. The maximum atomic E-state index is 11.7. The summed E-state index contributed by atoms with van der Waals surface area (Å²) >= 11 is 0. The molecule has 0 bridgehead atoms. The molecule has 17 heavy (non-hydrogen) atoms. The number of hydrogen-bond donors (Lipinski definition) is 0. The van der Waals surface area contributed by atoms with Gasteiger partial charge in [-0.3, -0.25) is 9.59 Å². The van der Waals surface area contributed by atoms with Crippen molar-refractivity contribution < 1.29 is 14.3 Å². The Morgan fingerprint density at radius 2 is 1.71 bits per heavy atom. The van der Waals surface area contributed by atoms with Crippen LogP contribution in [0, 0.1) is 22.7 Å². The number of hydrogen-bond acceptors (Lipinski definition) is 3. The van der Waals surface area contributed by atoms with Gasteiger partial charge in [0.25, 0.3) is 0 Å². The first-order chi connectivity index (χ1) is 7.50. The van der Waals surface area contributed by atoms with Gasteiger partial charge < -0.3 is 4.74 Å². The Balaban J connectivity index is 2.92. The number of ether oxygens (including phenoxy) is 1. The SMILES string of the molecule is CC(C)(C)CC(C1CC(=O)OC1=O)C(C)(C)C. The number of carbonyl (C=O) groups excluding carboxylic acids is 2. The number of cyclic esters (lactones) is 2. The minimum atomic E-state index is -0.372. The highest BCUT2D eigenvalue weighted by Gasteiger charge is 2.45. The van der Waals surface area contributed by atoms with Crippen molar-refractivity contribution in [1.82, 2.24) is 0 Å². The Kier molecular flexibility index (Phi) is 3.70. The second-order valence-corrected chi connectivity index (χ2v) is 7.34. The van der Waals surface area contributed by atoms with Gasteiger partial charge in [-0.05, 0) is 23.2 Å². The molecule has 0 aromatic heterocycles. The van der Waals surface area contributed by atoms with Gasteiger partial charge in [0.05, 0.1) is 12.3 Å². The lowest BCUT2D eigenvalue weighted by molar-refractivity contribution is -0.154. The van der Waals surface area contributed by atoms with Crippen molar-refractivity contribution in [1.29, 1.82) is 0 Å². The highest BCUT2D eigenvalue weighted by Crippen LogP contribution is 2.43. The first-order valence-electron chi connectivity index (χ1n) is 6.25. The molecular formula is C14H24O3. The summed E-state index contributed by atoms with van der Waals surface area (Å²) in [5.41, 5.74) is 0.144. The van der Waals surface area contributed by atoms with Gasteiger partial charge in [0.1, 0.15) is 0 Å². The topological polar surface area (TPSA) is 43.4 Å². The third-order valence-electron chi connectivity index (χ3n) is 3.33. The first-order valence-corrected chi connectivity index (χ1v) is 6.25. The largest absolute Gasteiger partial charge is 0.393 e. The second-order valence-electron chi connectivity index (χ2n) is 7.34. The fourth-order valence-electron chi connectivity index (χ4n) is 2.51. The first kappa shape index (κ1) is 14.2. The maximum Gasteiger partial charge on any atom is 0.317 e. The summed E-state index contributed by atoms with van der Waals surface area (Å²) in [6, 6.07) is 0. The predicted octanol–water partition coefficient (Wildman–Crippen LogP) is 3.17. The minimum Gasteiger partial charge on any atom is -0.393 e.